The molecule has 20 heavy (non-hydrogen) atoms. The first-order chi connectivity index (χ1) is 9.74. The fourth-order valence-electron chi connectivity index (χ4n) is 3.06. The van der Waals surface area contributed by atoms with Crippen LogP contribution in [-0.2, 0) is 6.54 Å². The van der Waals surface area contributed by atoms with E-state index in [2.05, 4.69) is 35.3 Å². The summed E-state index contributed by atoms with van der Waals surface area (Å²) < 4.78 is 0. The largest absolute Gasteiger partial charge is 0.369 e. The number of nitrogens with zero attached hydrogens (tertiary/aromatic N) is 1. The average molecular weight is 293 g/mol. The Morgan fingerprint density at radius 3 is 2.80 bits per heavy atom. The summed E-state index contributed by atoms with van der Waals surface area (Å²) in [6.45, 7) is 4.40. The molecule has 1 saturated carbocycles. The molecule has 1 heterocycles. The van der Waals surface area contributed by atoms with Crippen LogP contribution in [0.1, 0.15) is 51.0 Å². The van der Waals surface area contributed by atoms with Gasteiger partial charge in [0, 0.05) is 35.9 Å². The molecule has 0 spiro atoms. The van der Waals surface area contributed by atoms with Crippen LogP contribution in [0.3, 0.4) is 0 Å². The second-order valence-corrected chi connectivity index (χ2v) is 6.73. The van der Waals surface area contributed by atoms with Crippen LogP contribution < -0.4 is 10.2 Å². The summed E-state index contributed by atoms with van der Waals surface area (Å²) in [7, 11) is 0. The maximum atomic E-state index is 6.47. The highest BCUT2D eigenvalue weighted by atomic mass is 35.5. The molecule has 1 aromatic rings. The molecule has 0 bridgehead atoms. The summed E-state index contributed by atoms with van der Waals surface area (Å²) in [5, 5.41) is 4.44. The van der Waals surface area contributed by atoms with Crippen LogP contribution in [0.2, 0.25) is 5.02 Å². The van der Waals surface area contributed by atoms with E-state index in [0.29, 0.717) is 6.04 Å². The van der Waals surface area contributed by atoms with E-state index in [1.165, 1.54) is 49.8 Å². The normalized spacial score (nSPS) is 23.7. The Kier molecular flexibility index (Phi) is 4.52. The van der Waals surface area contributed by atoms with Crippen molar-refractivity contribution in [2.24, 2.45) is 0 Å². The fourth-order valence-corrected chi connectivity index (χ4v) is 3.30. The summed E-state index contributed by atoms with van der Waals surface area (Å²) >= 11 is 6.47. The number of benzene rings is 1. The molecule has 0 aromatic heterocycles. The summed E-state index contributed by atoms with van der Waals surface area (Å²) in [6.07, 6.45) is 7.95. The number of rotatable bonds is 4. The Morgan fingerprint density at radius 1 is 1.20 bits per heavy atom. The van der Waals surface area contributed by atoms with Crippen LogP contribution in [-0.4, -0.2) is 18.6 Å². The molecule has 1 saturated heterocycles. The lowest BCUT2D eigenvalue weighted by Gasteiger charge is -2.30. The van der Waals surface area contributed by atoms with Crippen LogP contribution in [0, 0.1) is 0 Å². The minimum Gasteiger partial charge on any atom is -0.369 e. The van der Waals surface area contributed by atoms with Gasteiger partial charge in [-0.25, -0.2) is 0 Å². The average Bonchev–Trinajstić information content (AvgIpc) is 3.25. The lowest BCUT2D eigenvalue weighted by Crippen LogP contribution is -2.32. The highest BCUT2D eigenvalue weighted by Crippen LogP contribution is 2.29. The smallest absolute Gasteiger partial charge is 0.0471 e. The van der Waals surface area contributed by atoms with Crippen molar-refractivity contribution in [1.29, 1.82) is 0 Å². The predicted octanol–water partition coefficient (Wildman–Crippen LogP) is 4.36. The molecule has 3 rings (SSSR count). The molecule has 0 radical (unpaired) electrons. The van der Waals surface area contributed by atoms with Gasteiger partial charge >= 0.3 is 0 Å². The molecule has 110 valence electrons. The van der Waals surface area contributed by atoms with E-state index < -0.39 is 0 Å². The van der Waals surface area contributed by atoms with E-state index in [4.69, 9.17) is 11.6 Å². The number of nitrogens with one attached hydrogen (secondary N) is 1. The van der Waals surface area contributed by atoms with Gasteiger partial charge in [-0.05, 0) is 50.3 Å². The first-order valence-electron chi connectivity index (χ1n) is 8.02. The Labute approximate surface area is 127 Å². The summed E-state index contributed by atoms with van der Waals surface area (Å²) in [5.41, 5.74) is 2.52. The summed E-state index contributed by atoms with van der Waals surface area (Å²) in [6, 6.07) is 7.97. The van der Waals surface area contributed by atoms with E-state index in [1.54, 1.807) is 0 Å². The lowest BCUT2D eigenvalue weighted by atomic mass is 10.1. The van der Waals surface area contributed by atoms with Gasteiger partial charge in [-0.2, -0.15) is 0 Å². The van der Waals surface area contributed by atoms with Crippen LogP contribution >= 0.6 is 11.6 Å². The van der Waals surface area contributed by atoms with Crippen LogP contribution in [0.15, 0.2) is 18.2 Å². The molecular formula is C17H25ClN2. The van der Waals surface area contributed by atoms with Crippen molar-refractivity contribution < 1.29 is 0 Å². The highest BCUT2D eigenvalue weighted by molar-refractivity contribution is 6.31. The van der Waals surface area contributed by atoms with Gasteiger partial charge < -0.3 is 10.2 Å². The molecule has 1 aliphatic carbocycles. The summed E-state index contributed by atoms with van der Waals surface area (Å²) in [4.78, 5) is 2.52. The van der Waals surface area contributed by atoms with Crippen molar-refractivity contribution in [3.05, 3.63) is 28.8 Å². The van der Waals surface area contributed by atoms with E-state index >= 15 is 0 Å². The van der Waals surface area contributed by atoms with Crippen LogP contribution in [0.4, 0.5) is 5.69 Å². The number of hydrogen-bond acceptors (Lipinski definition) is 2. The minimum absolute atomic E-state index is 0.629. The zero-order chi connectivity index (χ0) is 13.9. The Balaban J connectivity index is 1.70. The van der Waals surface area contributed by atoms with Crippen molar-refractivity contribution in [1.82, 2.24) is 5.32 Å². The third-order valence-corrected chi connectivity index (χ3v) is 4.93. The van der Waals surface area contributed by atoms with Gasteiger partial charge in [0.25, 0.3) is 0 Å². The van der Waals surface area contributed by atoms with Crippen molar-refractivity contribution >= 4 is 17.3 Å². The van der Waals surface area contributed by atoms with Gasteiger partial charge in [0.1, 0.15) is 0 Å². The lowest BCUT2D eigenvalue weighted by molar-refractivity contribution is 0.616. The Bertz CT molecular complexity index is 456. The zero-order valence-corrected chi connectivity index (χ0v) is 13.1. The Hall–Kier alpha value is -0.730. The van der Waals surface area contributed by atoms with Crippen molar-refractivity contribution in [3.63, 3.8) is 0 Å². The number of hydrogen-bond donors (Lipinski definition) is 1. The summed E-state index contributed by atoms with van der Waals surface area (Å²) in [5.74, 6) is 0. The molecule has 3 heteroatoms. The molecule has 1 N–H and O–H groups in total. The van der Waals surface area contributed by atoms with Crippen molar-refractivity contribution in [2.75, 3.05) is 11.4 Å². The quantitative estimate of drug-likeness (QED) is 0.887. The van der Waals surface area contributed by atoms with Crippen LogP contribution in [0.5, 0.6) is 0 Å². The highest BCUT2D eigenvalue weighted by Gasteiger charge is 2.21. The molecule has 1 unspecified atom stereocenters. The SMILES string of the molecule is CC1CCCCCN1c1ccc(CNC2CC2)c(Cl)c1. The first kappa shape index (κ1) is 14.2. The van der Waals surface area contributed by atoms with E-state index in [1.807, 2.05) is 0 Å². The number of halogens is 1. The first-order valence-corrected chi connectivity index (χ1v) is 8.40. The maximum Gasteiger partial charge on any atom is 0.0471 e. The Morgan fingerprint density at radius 2 is 2.05 bits per heavy atom. The van der Waals surface area contributed by atoms with Gasteiger partial charge in [0.15, 0.2) is 0 Å². The number of anilines is 1. The minimum atomic E-state index is 0.629. The van der Waals surface area contributed by atoms with Gasteiger partial charge in [-0.15, -0.1) is 0 Å². The molecule has 2 fully saturated rings. The van der Waals surface area contributed by atoms with Crippen molar-refractivity contribution in [3.8, 4) is 0 Å². The zero-order valence-electron chi connectivity index (χ0n) is 12.4. The molecule has 2 nitrogen and oxygen atoms in total. The van der Waals surface area contributed by atoms with Crippen molar-refractivity contribution in [2.45, 2.75) is 64.1 Å². The van der Waals surface area contributed by atoms with Gasteiger partial charge in [-0.3, -0.25) is 0 Å². The van der Waals surface area contributed by atoms with E-state index in [0.717, 1.165) is 24.2 Å². The molecule has 1 aromatic carbocycles. The van der Waals surface area contributed by atoms with Gasteiger partial charge in [0.05, 0.1) is 0 Å². The fraction of sp³-hybridized carbons (Fsp3) is 0.647. The van der Waals surface area contributed by atoms with Crippen LogP contribution in [0.25, 0.3) is 0 Å². The second-order valence-electron chi connectivity index (χ2n) is 6.32. The maximum absolute atomic E-state index is 6.47. The third kappa shape index (κ3) is 3.48. The predicted molar refractivity (Wildman–Crippen MR) is 86.6 cm³/mol. The monoisotopic (exact) mass is 292 g/mol. The molecule has 0 amide bonds. The van der Waals surface area contributed by atoms with Gasteiger partial charge in [-0.1, -0.05) is 30.5 Å². The van der Waals surface area contributed by atoms with Gasteiger partial charge in [0.2, 0.25) is 0 Å². The second kappa shape index (κ2) is 6.36. The molecule has 1 aliphatic heterocycles. The topological polar surface area (TPSA) is 15.3 Å². The molecule has 2 aliphatic rings. The van der Waals surface area contributed by atoms with E-state index in [9.17, 15) is 0 Å². The molecule has 1 atom stereocenters. The molecular weight excluding hydrogens is 268 g/mol. The van der Waals surface area contributed by atoms with E-state index in [-0.39, 0.29) is 0 Å². The standard InChI is InChI=1S/C17H25ClN2/c1-13-5-3-2-4-10-20(13)16-9-6-14(17(18)11-16)12-19-15-7-8-15/h6,9,11,13,15,19H,2-5,7-8,10,12H2,1H3. The third-order valence-electron chi connectivity index (χ3n) is 4.58.